The van der Waals surface area contributed by atoms with Gasteiger partial charge in [-0.25, -0.2) is 4.39 Å². The molecule has 1 unspecified atom stereocenters. The summed E-state index contributed by atoms with van der Waals surface area (Å²) in [6, 6.07) is 20.6. The van der Waals surface area contributed by atoms with Crippen LogP contribution in [-0.4, -0.2) is 35.9 Å². The van der Waals surface area contributed by atoms with E-state index in [9.17, 15) is 14.0 Å². The summed E-state index contributed by atoms with van der Waals surface area (Å²) in [5, 5.41) is 2.82. The van der Waals surface area contributed by atoms with E-state index in [1.165, 1.54) is 11.0 Å². The van der Waals surface area contributed by atoms with E-state index in [0.717, 1.165) is 16.7 Å². The van der Waals surface area contributed by atoms with Gasteiger partial charge in [0.05, 0.1) is 0 Å². The minimum absolute atomic E-state index is 0.0453. The molecule has 5 nitrogen and oxygen atoms in total. The number of aryl methyl sites for hydroxylation is 1. The fourth-order valence-corrected chi connectivity index (χ4v) is 3.76. The van der Waals surface area contributed by atoms with Crippen LogP contribution < -0.4 is 10.1 Å². The van der Waals surface area contributed by atoms with Crippen LogP contribution in [0.2, 0.25) is 0 Å². The number of benzene rings is 3. The van der Waals surface area contributed by atoms with E-state index in [0.29, 0.717) is 24.3 Å². The summed E-state index contributed by atoms with van der Waals surface area (Å²) in [5.41, 5.74) is 3.24. The number of carbonyl (C=O) groups is 2. The fraction of sp³-hybridized carbons (Fsp3) is 0.286. The van der Waals surface area contributed by atoms with E-state index in [4.69, 9.17) is 4.74 Å². The van der Waals surface area contributed by atoms with Gasteiger partial charge in [0, 0.05) is 25.1 Å². The molecule has 0 spiro atoms. The summed E-state index contributed by atoms with van der Waals surface area (Å²) in [6.45, 7) is 5.84. The maximum Gasteiger partial charge on any atom is 0.261 e. The highest BCUT2D eigenvalue weighted by molar-refractivity contribution is 5.88. The first-order chi connectivity index (χ1) is 16.4. The molecule has 1 N–H and O–H groups in total. The van der Waals surface area contributed by atoms with Crippen LogP contribution >= 0.6 is 0 Å². The van der Waals surface area contributed by atoms with Crippen LogP contribution in [0.4, 0.5) is 4.39 Å². The molecular weight excluding hydrogens is 431 g/mol. The van der Waals surface area contributed by atoms with Gasteiger partial charge < -0.3 is 15.0 Å². The van der Waals surface area contributed by atoms with Gasteiger partial charge in [-0.05, 0) is 49.6 Å². The molecule has 0 aliphatic heterocycles. The highest BCUT2D eigenvalue weighted by atomic mass is 19.1. The number of hydrogen-bond donors (Lipinski definition) is 1. The molecule has 3 rings (SSSR count). The standard InChI is InChI=1S/C28H31FN2O3/c1-4-30-28(33)25(17-22-12-6-5-7-13-22)31(18-23-14-8-9-15-24(23)29)27(32)19-34-26-16-10-11-20(2)21(26)3/h5-16,25H,4,17-19H2,1-3H3,(H,30,33). The van der Waals surface area contributed by atoms with E-state index in [2.05, 4.69) is 5.32 Å². The third-order valence-corrected chi connectivity index (χ3v) is 5.83. The number of halogens is 1. The molecule has 0 saturated carbocycles. The zero-order valence-electron chi connectivity index (χ0n) is 19.9. The molecule has 0 fully saturated rings. The van der Waals surface area contributed by atoms with Crippen LogP contribution in [0.1, 0.15) is 29.2 Å². The van der Waals surface area contributed by atoms with Crippen molar-refractivity contribution in [3.8, 4) is 5.75 Å². The fourth-order valence-electron chi connectivity index (χ4n) is 3.76. The maximum absolute atomic E-state index is 14.5. The van der Waals surface area contributed by atoms with E-state index in [-0.39, 0.29) is 19.1 Å². The van der Waals surface area contributed by atoms with E-state index in [1.54, 1.807) is 18.2 Å². The van der Waals surface area contributed by atoms with Crippen molar-refractivity contribution >= 4 is 11.8 Å². The van der Waals surface area contributed by atoms with E-state index in [1.807, 2.05) is 69.3 Å². The van der Waals surface area contributed by atoms with E-state index >= 15 is 0 Å². The SMILES string of the molecule is CCNC(=O)C(Cc1ccccc1)N(Cc1ccccc1F)C(=O)COc1cccc(C)c1C. The second kappa shape index (κ2) is 12.0. The number of ether oxygens (including phenoxy) is 1. The minimum Gasteiger partial charge on any atom is -0.483 e. The average molecular weight is 463 g/mol. The highest BCUT2D eigenvalue weighted by Crippen LogP contribution is 2.22. The Labute approximate surface area is 200 Å². The first-order valence-corrected chi connectivity index (χ1v) is 11.4. The van der Waals surface area contributed by atoms with Gasteiger partial charge in [-0.2, -0.15) is 0 Å². The van der Waals surface area contributed by atoms with Crippen molar-refractivity contribution in [1.29, 1.82) is 0 Å². The lowest BCUT2D eigenvalue weighted by Crippen LogP contribution is -2.51. The summed E-state index contributed by atoms with van der Waals surface area (Å²) in [6.07, 6.45) is 0.302. The normalized spacial score (nSPS) is 11.5. The molecule has 3 aromatic rings. The molecule has 0 heterocycles. The van der Waals surface area contributed by atoms with Crippen molar-refractivity contribution in [3.63, 3.8) is 0 Å². The summed E-state index contributed by atoms with van der Waals surface area (Å²) < 4.78 is 20.4. The number of nitrogens with one attached hydrogen (secondary N) is 1. The number of hydrogen-bond acceptors (Lipinski definition) is 3. The number of carbonyl (C=O) groups excluding carboxylic acids is 2. The second-order valence-corrected chi connectivity index (χ2v) is 8.20. The monoisotopic (exact) mass is 462 g/mol. The lowest BCUT2D eigenvalue weighted by atomic mass is 10.0. The highest BCUT2D eigenvalue weighted by Gasteiger charge is 2.31. The van der Waals surface area contributed by atoms with E-state index < -0.39 is 17.8 Å². The molecular formula is C28H31FN2O3. The van der Waals surface area contributed by atoms with Crippen molar-refractivity contribution in [3.05, 3.63) is 101 Å². The van der Waals surface area contributed by atoms with Crippen LogP contribution in [-0.2, 0) is 22.6 Å². The van der Waals surface area contributed by atoms with Gasteiger partial charge in [-0.3, -0.25) is 9.59 Å². The van der Waals surface area contributed by atoms with Crippen LogP contribution in [0.25, 0.3) is 0 Å². The van der Waals surface area contributed by atoms with Gasteiger partial charge in [0.25, 0.3) is 5.91 Å². The molecule has 0 radical (unpaired) electrons. The Kier molecular flexibility index (Phi) is 8.79. The topological polar surface area (TPSA) is 58.6 Å². The number of likely N-dealkylation sites (N-methyl/N-ethyl adjacent to an activating group) is 1. The molecule has 0 saturated heterocycles. The Bertz CT molecular complexity index is 1120. The smallest absolute Gasteiger partial charge is 0.261 e. The van der Waals surface area contributed by atoms with Gasteiger partial charge in [0.15, 0.2) is 6.61 Å². The zero-order valence-corrected chi connectivity index (χ0v) is 19.9. The van der Waals surface area contributed by atoms with Crippen LogP contribution in [0.15, 0.2) is 72.8 Å². The summed E-state index contributed by atoms with van der Waals surface area (Å²) in [4.78, 5) is 28.0. The quantitative estimate of drug-likeness (QED) is 0.479. The van der Waals surface area contributed by atoms with Crippen molar-refractivity contribution in [1.82, 2.24) is 10.2 Å². The van der Waals surface area contributed by atoms with Gasteiger partial charge >= 0.3 is 0 Å². The average Bonchev–Trinajstić information content (AvgIpc) is 2.84. The molecule has 0 aliphatic carbocycles. The minimum atomic E-state index is -0.823. The Morgan fingerprint density at radius 1 is 0.971 bits per heavy atom. The molecule has 0 aliphatic rings. The Balaban J connectivity index is 1.92. The van der Waals surface area contributed by atoms with Crippen molar-refractivity contribution in [2.45, 2.75) is 39.8 Å². The lowest BCUT2D eigenvalue weighted by molar-refractivity contribution is -0.142. The van der Waals surface area contributed by atoms with Gasteiger partial charge in [-0.1, -0.05) is 60.7 Å². The molecule has 3 aromatic carbocycles. The first-order valence-electron chi connectivity index (χ1n) is 11.4. The predicted molar refractivity (Wildman–Crippen MR) is 131 cm³/mol. The number of rotatable bonds is 10. The Morgan fingerprint density at radius 2 is 1.68 bits per heavy atom. The van der Waals surface area contributed by atoms with Crippen LogP contribution in [0.5, 0.6) is 5.75 Å². The largest absolute Gasteiger partial charge is 0.483 e. The summed E-state index contributed by atoms with van der Waals surface area (Å²) >= 11 is 0. The molecule has 34 heavy (non-hydrogen) atoms. The first kappa shape index (κ1) is 25.0. The molecule has 1 atom stereocenters. The molecule has 2 amide bonds. The van der Waals surface area contributed by atoms with Crippen LogP contribution in [0.3, 0.4) is 0 Å². The number of nitrogens with zero attached hydrogens (tertiary/aromatic N) is 1. The molecule has 178 valence electrons. The van der Waals surface area contributed by atoms with Gasteiger partial charge in [-0.15, -0.1) is 0 Å². The molecule has 0 aromatic heterocycles. The lowest BCUT2D eigenvalue weighted by Gasteiger charge is -2.31. The van der Waals surface area contributed by atoms with Crippen molar-refractivity contribution in [2.24, 2.45) is 0 Å². The predicted octanol–water partition coefficient (Wildman–Crippen LogP) is 4.60. The Hall–Kier alpha value is -3.67. The maximum atomic E-state index is 14.5. The summed E-state index contributed by atoms with van der Waals surface area (Å²) in [7, 11) is 0. The zero-order chi connectivity index (χ0) is 24.5. The van der Waals surface area contributed by atoms with Gasteiger partial charge in [0.2, 0.25) is 5.91 Å². The van der Waals surface area contributed by atoms with Crippen LogP contribution in [0, 0.1) is 19.7 Å². The Morgan fingerprint density at radius 3 is 2.38 bits per heavy atom. The second-order valence-electron chi connectivity index (χ2n) is 8.20. The molecule has 0 bridgehead atoms. The third-order valence-electron chi connectivity index (χ3n) is 5.83. The molecule has 6 heteroatoms. The number of amides is 2. The summed E-state index contributed by atoms with van der Waals surface area (Å²) in [5.74, 6) is -0.499. The van der Waals surface area contributed by atoms with Gasteiger partial charge in [0.1, 0.15) is 17.6 Å². The van der Waals surface area contributed by atoms with Crippen molar-refractivity contribution in [2.75, 3.05) is 13.2 Å². The van der Waals surface area contributed by atoms with Crippen molar-refractivity contribution < 1.29 is 18.7 Å². The third kappa shape index (κ3) is 6.44.